The minimum absolute atomic E-state index is 0.0217. The van der Waals surface area contributed by atoms with Crippen molar-refractivity contribution in [3.8, 4) is 5.75 Å². The molecule has 0 N–H and O–H groups in total. The van der Waals surface area contributed by atoms with E-state index in [9.17, 15) is 4.79 Å². The molecule has 4 rings (SSSR count). The van der Waals surface area contributed by atoms with Gasteiger partial charge in [-0.15, -0.1) is 0 Å². The molecule has 3 nitrogen and oxygen atoms in total. The third-order valence-electron chi connectivity index (χ3n) is 5.81. The minimum Gasteiger partial charge on any atom is -0.497 e. The zero-order valence-corrected chi connectivity index (χ0v) is 17.0. The van der Waals surface area contributed by atoms with E-state index >= 15 is 0 Å². The number of nitrogens with zero attached hydrogens (tertiary/aromatic N) is 1. The van der Waals surface area contributed by atoms with Crippen molar-refractivity contribution in [3.05, 3.63) is 95.6 Å². The first-order valence-electron chi connectivity index (χ1n) is 10.2. The van der Waals surface area contributed by atoms with E-state index in [1.807, 2.05) is 35.2 Å². The van der Waals surface area contributed by atoms with E-state index in [0.29, 0.717) is 0 Å². The quantitative estimate of drug-likeness (QED) is 0.486. The Labute approximate surface area is 172 Å². The average molecular weight is 386 g/mol. The second-order valence-electron chi connectivity index (χ2n) is 7.75. The molecule has 3 heteroatoms. The van der Waals surface area contributed by atoms with Crippen molar-refractivity contribution in [1.82, 2.24) is 0 Å². The van der Waals surface area contributed by atoms with Gasteiger partial charge < -0.3 is 9.64 Å². The molecule has 1 heterocycles. The Kier molecular flexibility index (Phi) is 5.66. The molecule has 1 amide bonds. The Hall–Kier alpha value is -3.07. The molecular weight excluding hydrogens is 358 g/mol. The average Bonchev–Trinajstić information content (AvgIpc) is 2.77. The molecule has 29 heavy (non-hydrogen) atoms. The van der Waals surface area contributed by atoms with Crippen LogP contribution in [0.25, 0.3) is 0 Å². The number of aryl methyl sites for hydroxylation is 2. The van der Waals surface area contributed by atoms with Crippen LogP contribution in [0.1, 0.15) is 35.6 Å². The van der Waals surface area contributed by atoms with Crippen LogP contribution in [-0.2, 0) is 11.2 Å². The van der Waals surface area contributed by atoms with Crippen LogP contribution in [0.4, 0.5) is 5.69 Å². The van der Waals surface area contributed by atoms with Gasteiger partial charge in [-0.2, -0.15) is 0 Å². The second kappa shape index (κ2) is 8.52. The van der Waals surface area contributed by atoms with Crippen LogP contribution in [0.5, 0.6) is 5.75 Å². The third kappa shape index (κ3) is 4.04. The van der Waals surface area contributed by atoms with Gasteiger partial charge in [-0.1, -0.05) is 60.2 Å². The van der Waals surface area contributed by atoms with Crippen molar-refractivity contribution in [2.75, 3.05) is 12.0 Å². The first-order valence-corrected chi connectivity index (χ1v) is 10.2. The monoisotopic (exact) mass is 385 g/mol. The van der Waals surface area contributed by atoms with Gasteiger partial charge in [0, 0.05) is 5.69 Å². The number of hydrogen-bond donors (Lipinski definition) is 0. The third-order valence-corrected chi connectivity index (χ3v) is 5.81. The lowest BCUT2D eigenvalue weighted by Gasteiger charge is -2.47. The summed E-state index contributed by atoms with van der Waals surface area (Å²) in [5.41, 5.74) is 4.66. The second-order valence-corrected chi connectivity index (χ2v) is 7.75. The van der Waals surface area contributed by atoms with Gasteiger partial charge in [0.2, 0.25) is 5.91 Å². The van der Waals surface area contributed by atoms with Gasteiger partial charge in [0.05, 0.1) is 19.1 Å². The van der Waals surface area contributed by atoms with Gasteiger partial charge in [-0.25, -0.2) is 0 Å². The van der Waals surface area contributed by atoms with Crippen LogP contribution in [0.15, 0.2) is 78.9 Å². The molecule has 0 unspecified atom stereocenters. The number of amides is 1. The number of rotatable bonds is 7. The topological polar surface area (TPSA) is 29.5 Å². The lowest BCUT2D eigenvalue weighted by molar-refractivity contribution is -0.130. The van der Waals surface area contributed by atoms with E-state index in [1.165, 1.54) is 11.1 Å². The van der Waals surface area contributed by atoms with Crippen LogP contribution in [0.3, 0.4) is 0 Å². The van der Waals surface area contributed by atoms with Gasteiger partial charge in [-0.3, -0.25) is 4.79 Å². The maximum atomic E-state index is 13.1. The maximum Gasteiger partial charge on any atom is 0.233 e. The lowest BCUT2D eigenvalue weighted by Crippen LogP contribution is -2.55. The van der Waals surface area contributed by atoms with Gasteiger partial charge >= 0.3 is 0 Å². The first kappa shape index (κ1) is 19.3. The highest BCUT2D eigenvalue weighted by atomic mass is 16.5. The van der Waals surface area contributed by atoms with E-state index in [0.717, 1.165) is 36.3 Å². The van der Waals surface area contributed by atoms with Crippen molar-refractivity contribution in [3.63, 3.8) is 0 Å². The molecule has 1 saturated heterocycles. The van der Waals surface area contributed by atoms with Gasteiger partial charge in [0.1, 0.15) is 5.75 Å². The Morgan fingerprint density at radius 2 is 1.59 bits per heavy atom. The molecule has 1 aliphatic heterocycles. The fourth-order valence-electron chi connectivity index (χ4n) is 4.18. The molecule has 2 atom stereocenters. The summed E-state index contributed by atoms with van der Waals surface area (Å²) in [5.74, 6) is 1.08. The van der Waals surface area contributed by atoms with Gasteiger partial charge in [0.25, 0.3) is 0 Å². The number of carbonyl (C=O) groups excluding carboxylic acids is 1. The summed E-state index contributed by atoms with van der Waals surface area (Å²) in [6.45, 7) is 2.06. The van der Waals surface area contributed by atoms with Gasteiger partial charge in [0.15, 0.2) is 0 Å². The van der Waals surface area contributed by atoms with Crippen molar-refractivity contribution in [2.24, 2.45) is 5.92 Å². The molecule has 1 aliphatic rings. The highest BCUT2D eigenvalue weighted by molar-refractivity contribution is 6.03. The molecule has 0 bridgehead atoms. The summed E-state index contributed by atoms with van der Waals surface area (Å²) in [6.07, 6.45) is 2.91. The maximum absolute atomic E-state index is 13.1. The molecule has 148 valence electrons. The highest BCUT2D eigenvalue weighted by Crippen LogP contribution is 2.46. The molecule has 0 radical (unpaired) electrons. The van der Waals surface area contributed by atoms with E-state index in [-0.39, 0.29) is 17.9 Å². The summed E-state index contributed by atoms with van der Waals surface area (Å²) in [7, 11) is 1.67. The van der Waals surface area contributed by atoms with Crippen LogP contribution >= 0.6 is 0 Å². The number of β-lactam (4-membered cyclic amide) rings is 1. The predicted octanol–water partition coefficient (Wildman–Crippen LogP) is 5.73. The minimum atomic E-state index is 0.0217. The molecule has 1 fully saturated rings. The van der Waals surface area contributed by atoms with E-state index in [2.05, 4.69) is 55.5 Å². The number of hydrogen-bond acceptors (Lipinski definition) is 2. The number of anilines is 1. The Bertz CT molecular complexity index is 948. The predicted molar refractivity (Wildman–Crippen MR) is 117 cm³/mol. The standard InChI is InChI=1S/C26H27NO2/c1-19-11-15-22(16-12-19)27-25(21-13-17-23(29-2)18-14-21)24(26(27)28)10-6-9-20-7-4-3-5-8-20/h3-5,7-8,11-18,24-25H,6,9-10H2,1-2H3/t24-,25-/m1/s1. The van der Waals surface area contributed by atoms with Gasteiger partial charge in [-0.05, 0) is 61.6 Å². The molecule has 0 aliphatic carbocycles. The SMILES string of the molecule is COc1ccc([C@@H]2[C@@H](CCCc3ccccc3)C(=O)N2c2ccc(C)cc2)cc1. The zero-order chi connectivity index (χ0) is 20.2. The van der Waals surface area contributed by atoms with E-state index in [1.54, 1.807) is 7.11 Å². The number of benzene rings is 3. The van der Waals surface area contributed by atoms with Crippen LogP contribution < -0.4 is 9.64 Å². The molecule has 3 aromatic carbocycles. The van der Waals surface area contributed by atoms with Crippen LogP contribution in [0.2, 0.25) is 0 Å². The normalized spacial score (nSPS) is 18.4. The smallest absolute Gasteiger partial charge is 0.233 e. The number of carbonyl (C=O) groups is 1. The Morgan fingerprint density at radius 3 is 2.24 bits per heavy atom. The molecule has 0 saturated carbocycles. The van der Waals surface area contributed by atoms with Crippen molar-refractivity contribution < 1.29 is 9.53 Å². The highest BCUT2D eigenvalue weighted by Gasteiger charge is 2.48. The van der Waals surface area contributed by atoms with E-state index in [4.69, 9.17) is 4.74 Å². The van der Waals surface area contributed by atoms with E-state index < -0.39 is 0 Å². The summed E-state index contributed by atoms with van der Waals surface area (Å²) >= 11 is 0. The lowest BCUT2D eigenvalue weighted by atomic mass is 9.78. The summed E-state index contributed by atoms with van der Waals surface area (Å²) in [5, 5.41) is 0. The summed E-state index contributed by atoms with van der Waals surface area (Å²) < 4.78 is 5.31. The summed E-state index contributed by atoms with van der Waals surface area (Å²) in [4.78, 5) is 15.1. The Balaban J connectivity index is 1.54. The van der Waals surface area contributed by atoms with Crippen LogP contribution in [-0.4, -0.2) is 13.0 Å². The molecule has 3 aromatic rings. The molecule has 0 spiro atoms. The fourth-order valence-corrected chi connectivity index (χ4v) is 4.18. The summed E-state index contributed by atoms with van der Waals surface area (Å²) in [6, 6.07) is 26.9. The fraction of sp³-hybridized carbons (Fsp3) is 0.269. The van der Waals surface area contributed by atoms with Crippen LogP contribution in [0, 0.1) is 12.8 Å². The van der Waals surface area contributed by atoms with Crippen molar-refractivity contribution in [1.29, 1.82) is 0 Å². The van der Waals surface area contributed by atoms with Crippen molar-refractivity contribution >= 4 is 11.6 Å². The molecular formula is C26H27NO2. The first-order chi connectivity index (χ1) is 14.2. The van der Waals surface area contributed by atoms with Crippen molar-refractivity contribution in [2.45, 2.75) is 32.2 Å². The number of ether oxygens (including phenoxy) is 1. The number of methoxy groups -OCH3 is 1. The zero-order valence-electron chi connectivity index (χ0n) is 17.0. The Morgan fingerprint density at radius 1 is 0.897 bits per heavy atom. The largest absolute Gasteiger partial charge is 0.497 e. The molecule has 0 aromatic heterocycles.